The van der Waals surface area contributed by atoms with E-state index in [9.17, 15) is 15.2 Å². The highest BCUT2D eigenvalue weighted by molar-refractivity contribution is 5.62. The average molecular weight is 284 g/mol. The van der Waals surface area contributed by atoms with Gasteiger partial charge in [-0.2, -0.15) is 5.10 Å². The van der Waals surface area contributed by atoms with E-state index in [2.05, 4.69) is 5.10 Å². The number of morpholine rings is 1. The number of aliphatic hydroxyl groups excluding tert-OH is 1. The zero-order valence-electron chi connectivity index (χ0n) is 11.9. The van der Waals surface area contributed by atoms with E-state index >= 15 is 0 Å². The Morgan fingerprint density at radius 2 is 2.30 bits per heavy atom. The fourth-order valence-electron chi connectivity index (χ4n) is 2.42. The van der Waals surface area contributed by atoms with Gasteiger partial charge in [0.25, 0.3) is 0 Å². The van der Waals surface area contributed by atoms with Crippen LogP contribution >= 0.6 is 0 Å². The van der Waals surface area contributed by atoms with E-state index in [1.54, 1.807) is 11.6 Å². The number of hydrogen-bond acceptors (Lipinski definition) is 6. The second kappa shape index (κ2) is 5.76. The van der Waals surface area contributed by atoms with Crippen LogP contribution in [0, 0.1) is 17.0 Å². The largest absolute Gasteiger partial charge is 0.394 e. The molecule has 0 aliphatic carbocycles. The van der Waals surface area contributed by atoms with Gasteiger partial charge >= 0.3 is 5.69 Å². The first kappa shape index (κ1) is 14.7. The van der Waals surface area contributed by atoms with Crippen molar-refractivity contribution in [2.24, 2.45) is 0 Å². The molecule has 1 aromatic rings. The molecule has 8 heteroatoms. The standard InChI is InChI=1S/C12H20N4O4/c1-8(2)15-12(11(16(18)19)9(3)13-15)14-4-5-20-10(6-14)7-17/h8,10,17H,4-7H2,1-3H3. The van der Waals surface area contributed by atoms with Gasteiger partial charge in [0.1, 0.15) is 5.69 Å². The van der Waals surface area contributed by atoms with Gasteiger partial charge in [-0.05, 0) is 20.8 Å². The normalized spacial score (nSPS) is 19.6. The Labute approximate surface area is 117 Å². The van der Waals surface area contributed by atoms with Crippen molar-refractivity contribution in [1.82, 2.24) is 9.78 Å². The maximum Gasteiger partial charge on any atom is 0.333 e. The predicted molar refractivity (Wildman–Crippen MR) is 73.0 cm³/mol. The quantitative estimate of drug-likeness (QED) is 0.651. The summed E-state index contributed by atoms with van der Waals surface area (Å²) in [5, 5.41) is 24.8. The lowest BCUT2D eigenvalue weighted by molar-refractivity contribution is -0.384. The SMILES string of the molecule is Cc1nn(C(C)C)c(N2CCOC(CO)C2)c1[N+](=O)[O-]. The van der Waals surface area contributed by atoms with E-state index in [4.69, 9.17) is 4.74 Å². The molecule has 20 heavy (non-hydrogen) atoms. The predicted octanol–water partition coefficient (Wildman–Crippen LogP) is 0.878. The third-order valence-electron chi connectivity index (χ3n) is 3.34. The molecule has 0 bridgehead atoms. The monoisotopic (exact) mass is 284 g/mol. The molecule has 2 heterocycles. The molecule has 0 spiro atoms. The number of ether oxygens (including phenoxy) is 1. The van der Waals surface area contributed by atoms with E-state index in [1.165, 1.54) is 0 Å². The van der Waals surface area contributed by atoms with Gasteiger partial charge in [-0.15, -0.1) is 0 Å². The zero-order valence-corrected chi connectivity index (χ0v) is 11.9. The molecule has 1 aliphatic heterocycles. The molecule has 1 atom stereocenters. The number of aliphatic hydroxyl groups is 1. The summed E-state index contributed by atoms with van der Waals surface area (Å²) in [6.45, 7) is 6.83. The van der Waals surface area contributed by atoms with Gasteiger partial charge < -0.3 is 14.7 Å². The summed E-state index contributed by atoms with van der Waals surface area (Å²) in [6.07, 6.45) is -0.320. The van der Waals surface area contributed by atoms with Gasteiger partial charge in [0, 0.05) is 19.1 Å². The lowest BCUT2D eigenvalue weighted by atomic mass is 10.2. The Balaban J connectivity index is 2.44. The van der Waals surface area contributed by atoms with Crippen molar-refractivity contribution in [2.75, 3.05) is 31.2 Å². The molecular weight excluding hydrogens is 264 g/mol. The number of nitro groups is 1. The van der Waals surface area contributed by atoms with Crippen molar-refractivity contribution < 1.29 is 14.8 Å². The van der Waals surface area contributed by atoms with Crippen LogP contribution in [0.25, 0.3) is 0 Å². The lowest BCUT2D eigenvalue weighted by Crippen LogP contribution is -2.45. The first-order valence-electron chi connectivity index (χ1n) is 6.66. The van der Waals surface area contributed by atoms with Gasteiger partial charge in [-0.3, -0.25) is 10.1 Å². The van der Waals surface area contributed by atoms with E-state index in [-0.39, 0.29) is 29.4 Å². The van der Waals surface area contributed by atoms with Crippen LogP contribution in [-0.4, -0.2) is 52.2 Å². The molecule has 1 fully saturated rings. The Morgan fingerprint density at radius 3 is 2.85 bits per heavy atom. The molecule has 1 unspecified atom stereocenters. The van der Waals surface area contributed by atoms with Crippen LogP contribution in [0.4, 0.5) is 11.5 Å². The molecule has 0 radical (unpaired) electrons. The Kier molecular flexibility index (Phi) is 4.24. The number of nitrogens with zero attached hydrogens (tertiary/aromatic N) is 4. The molecule has 0 amide bonds. The summed E-state index contributed by atoms with van der Waals surface area (Å²) < 4.78 is 7.07. The fraction of sp³-hybridized carbons (Fsp3) is 0.750. The highest BCUT2D eigenvalue weighted by Crippen LogP contribution is 2.34. The summed E-state index contributed by atoms with van der Waals surface area (Å²) >= 11 is 0. The van der Waals surface area contributed by atoms with Crippen molar-refractivity contribution in [2.45, 2.75) is 32.9 Å². The second-order valence-electron chi connectivity index (χ2n) is 5.17. The molecule has 2 rings (SSSR count). The number of rotatable bonds is 4. The van der Waals surface area contributed by atoms with Gasteiger partial charge in [-0.1, -0.05) is 0 Å². The number of anilines is 1. The van der Waals surface area contributed by atoms with Crippen molar-refractivity contribution in [1.29, 1.82) is 0 Å². The van der Waals surface area contributed by atoms with Crippen LogP contribution < -0.4 is 4.90 Å². The number of hydrogen-bond donors (Lipinski definition) is 1. The maximum atomic E-state index is 11.3. The van der Waals surface area contributed by atoms with Gasteiger partial charge in [-0.25, -0.2) is 4.68 Å². The average Bonchev–Trinajstić information content (AvgIpc) is 2.76. The Bertz CT molecular complexity index is 500. The van der Waals surface area contributed by atoms with Crippen molar-refractivity contribution in [3.05, 3.63) is 15.8 Å². The van der Waals surface area contributed by atoms with Crippen LogP contribution in [0.2, 0.25) is 0 Å². The second-order valence-corrected chi connectivity index (χ2v) is 5.17. The summed E-state index contributed by atoms with van der Waals surface area (Å²) in [7, 11) is 0. The number of aromatic nitrogens is 2. The smallest absolute Gasteiger partial charge is 0.333 e. The first-order chi connectivity index (χ1) is 9.45. The first-order valence-corrected chi connectivity index (χ1v) is 6.66. The van der Waals surface area contributed by atoms with Gasteiger partial charge in [0.05, 0.1) is 24.2 Å². The molecular formula is C12H20N4O4. The zero-order chi connectivity index (χ0) is 14.9. The van der Waals surface area contributed by atoms with E-state index in [1.807, 2.05) is 18.7 Å². The van der Waals surface area contributed by atoms with Crippen molar-refractivity contribution in [3.63, 3.8) is 0 Å². The summed E-state index contributed by atoms with van der Waals surface area (Å²) in [5.41, 5.74) is 0.447. The van der Waals surface area contributed by atoms with Crippen LogP contribution in [0.1, 0.15) is 25.6 Å². The van der Waals surface area contributed by atoms with Crippen molar-refractivity contribution >= 4 is 11.5 Å². The molecule has 0 saturated carbocycles. The van der Waals surface area contributed by atoms with Crippen LogP contribution in [0.15, 0.2) is 0 Å². The minimum absolute atomic E-state index is 0.0211. The third-order valence-corrected chi connectivity index (χ3v) is 3.34. The summed E-state index contributed by atoms with van der Waals surface area (Å²) in [4.78, 5) is 12.8. The van der Waals surface area contributed by atoms with Gasteiger partial charge in [0.2, 0.25) is 5.82 Å². The molecule has 0 aromatic carbocycles. The minimum atomic E-state index is -0.389. The molecule has 1 aliphatic rings. The molecule has 1 aromatic heterocycles. The topological polar surface area (TPSA) is 93.7 Å². The van der Waals surface area contributed by atoms with Crippen LogP contribution in [0.5, 0.6) is 0 Å². The summed E-state index contributed by atoms with van der Waals surface area (Å²) in [6, 6.07) is 0.0211. The molecule has 1 N–H and O–H groups in total. The third kappa shape index (κ3) is 2.61. The highest BCUT2D eigenvalue weighted by Gasteiger charge is 2.33. The summed E-state index contributed by atoms with van der Waals surface area (Å²) in [5.74, 6) is 0.504. The van der Waals surface area contributed by atoms with Crippen molar-refractivity contribution in [3.8, 4) is 0 Å². The van der Waals surface area contributed by atoms with E-state index < -0.39 is 0 Å². The molecule has 1 saturated heterocycles. The number of aryl methyl sites for hydroxylation is 1. The molecule has 8 nitrogen and oxygen atoms in total. The fourth-order valence-corrected chi connectivity index (χ4v) is 2.42. The lowest BCUT2D eigenvalue weighted by Gasteiger charge is -2.33. The van der Waals surface area contributed by atoms with Crippen LogP contribution in [-0.2, 0) is 4.74 Å². The van der Waals surface area contributed by atoms with Gasteiger partial charge in [0.15, 0.2) is 0 Å². The molecule has 112 valence electrons. The van der Waals surface area contributed by atoms with E-state index in [0.717, 1.165) is 0 Å². The Hall–Kier alpha value is -1.67. The van der Waals surface area contributed by atoms with E-state index in [0.29, 0.717) is 31.2 Å². The van der Waals surface area contributed by atoms with Crippen LogP contribution in [0.3, 0.4) is 0 Å². The minimum Gasteiger partial charge on any atom is -0.394 e. The maximum absolute atomic E-state index is 11.3. The Morgan fingerprint density at radius 1 is 1.60 bits per heavy atom. The highest BCUT2D eigenvalue weighted by atomic mass is 16.6.